The number of rotatable bonds is 6. The minimum atomic E-state index is -0.803. The molecule has 0 saturated heterocycles. The second-order valence-corrected chi connectivity index (χ2v) is 4.80. The van der Waals surface area contributed by atoms with Crippen LogP contribution in [0.4, 0.5) is 0 Å². The molecule has 0 aliphatic heterocycles. The quantitative estimate of drug-likeness (QED) is 0.660. The first kappa shape index (κ1) is 16.9. The van der Waals surface area contributed by atoms with Gasteiger partial charge in [0.1, 0.15) is 6.04 Å². The van der Waals surface area contributed by atoms with Gasteiger partial charge < -0.3 is 20.2 Å². The minimum Gasteiger partial charge on any atom is -0.391 e. The maximum absolute atomic E-state index is 12.0. The van der Waals surface area contributed by atoms with Gasteiger partial charge in [-0.05, 0) is 27.8 Å². The molecule has 0 aliphatic rings. The van der Waals surface area contributed by atoms with Crippen molar-refractivity contribution in [3.05, 3.63) is 0 Å². The normalized spacial score (nSPS) is 14.2. The molecule has 0 radical (unpaired) electrons. The van der Waals surface area contributed by atoms with Gasteiger partial charge in [0.2, 0.25) is 11.8 Å². The molecule has 2 N–H and O–H groups in total. The zero-order valence-corrected chi connectivity index (χ0v) is 12.1. The average Bonchev–Trinajstić information content (AvgIpc) is 2.27. The van der Waals surface area contributed by atoms with E-state index in [4.69, 9.17) is 0 Å². The Bertz CT molecular complexity index is 292. The van der Waals surface area contributed by atoms with E-state index in [2.05, 4.69) is 5.32 Å². The van der Waals surface area contributed by atoms with Crippen molar-refractivity contribution in [2.24, 2.45) is 0 Å². The summed E-state index contributed by atoms with van der Waals surface area (Å²) < 4.78 is 0. The third kappa shape index (κ3) is 4.62. The molecule has 2 amide bonds. The van der Waals surface area contributed by atoms with Gasteiger partial charge in [-0.15, -0.1) is 0 Å². The molecule has 0 aromatic heterocycles. The van der Waals surface area contributed by atoms with Crippen molar-refractivity contribution in [1.82, 2.24) is 15.1 Å². The number of hydrogen-bond acceptors (Lipinski definition) is 4. The largest absolute Gasteiger partial charge is 0.391 e. The number of amides is 2. The Labute approximate surface area is 109 Å². The summed E-state index contributed by atoms with van der Waals surface area (Å²) in [5.41, 5.74) is 0. The highest BCUT2D eigenvalue weighted by Crippen LogP contribution is 2.01. The molecule has 0 unspecified atom stereocenters. The lowest BCUT2D eigenvalue weighted by atomic mass is 10.1. The van der Waals surface area contributed by atoms with E-state index in [1.54, 1.807) is 26.0 Å². The Kier molecular flexibility index (Phi) is 6.86. The number of hydrogen-bond donors (Lipinski definition) is 2. The Hall–Kier alpha value is -1.14. The number of likely N-dealkylation sites (N-methyl/N-ethyl adjacent to an activating group) is 3. The number of nitrogens with zero attached hydrogens (tertiary/aromatic N) is 2. The van der Waals surface area contributed by atoms with Gasteiger partial charge in [0.15, 0.2) is 0 Å². The maximum Gasteiger partial charge on any atom is 0.242 e. The fourth-order valence-electron chi connectivity index (χ4n) is 1.49. The predicted octanol–water partition coefficient (Wildman–Crippen LogP) is -0.720. The molecule has 0 spiro atoms. The number of carbonyl (C=O) groups is 2. The zero-order valence-electron chi connectivity index (χ0n) is 12.1. The topological polar surface area (TPSA) is 72.9 Å². The van der Waals surface area contributed by atoms with Crippen LogP contribution in [0, 0.1) is 0 Å². The van der Waals surface area contributed by atoms with E-state index in [-0.39, 0.29) is 24.4 Å². The summed E-state index contributed by atoms with van der Waals surface area (Å²) >= 11 is 0. The lowest BCUT2D eigenvalue weighted by molar-refractivity contribution is -0.142. The van der Waals surface area contributed by atoms with Crippen molar-refractivity contribution in [3.8, 4) is 0 Å². The molecule has 0 bridgehead atoms. The molecule has 6 heteroatoms. The van der Waals surface area contributed by atoms with Crippen LogP contribution in [0.1, 0.15) is 20.8 Å². The van der Waals surface area contributed by atoms with Crippen molar-refractivity contribution in [3.63, 3.8) is 0 Å². The third-order valence-corrected chi connectivity index (χ3v) is 2.98. The van der Waals surface area contributed by atoms with E-state index in [1.165, 1.54) is 11.8 Å². The van der Waals surface area contributed by atoms with Crippen LogP contribution in [0.3, 0.4) is 0 Å². The molecular formula is C12H25N3O3. The minimum absolute atomic E-state index is 0.0123. The van der Waals surface area contributed by atoms with E-state index in [0.29, 0.717) is 0 Å². The fraction of sp³-hybridized carbons (Fsp3) is 0.833. The molecule has 0 aromatic carbocycles. The first-order valence-corrected chi connectivity index (χ1v) is 6.08. The third-order valence-electron chi connectivity index (χ3n) is 2.98. The van der Waals surface area contributed by atoms with E-state index in [0.717, 1.165) is 0 Å². The van der Waals surface area contributed by atoms with Gasteiger partial charge in [-0.2, -0.15) is 0 Å². The number of carbonyl (C=O) groups excluding carboxylic acids is 2. The summed E-state index contributed by atoms with van der Waals surface area (Å²) in [5, 5.41) is 12.2. The van der Waals surface area contributed by atoms with Gasteiger partial charge in [-0.25, -0.2) is 0 Å². The molecule has 0 aromatic rings. The fourth-order valence-corrected chi connectivity index (χ4v) is 1.49. The van der Waals surface area contributed by atoms with Crippen LogP contribution in [-0.2, 0) is 9.59 Å². The SMILES string of the molecule is CN[C@H](C(=O)N(C)CC(=O)N(C)C(C)C)[C@@H](C)O. The smallest absolute Gasteiger partial charge is 0.242 e. The van der Waals surface area contributed by atoms with Crippen LogP contribution in [0.15, 0.2) is 0 Å². The van der Waals surface area contributed by atoms with Crippen LogP contribution in [0.25, 0.3) is 0 Å². The number of nitrogens with one attached hydrogen (secondary N) is 1. The Balaban J connectivity index is 4.53. The highest BCUT2D eigenvalue weighted by atomic mass is 16.3. The Morgan fingerprint density at radius 2 is 1.72 bits per heavy atom. The highest BCUT2D eigenvalue weighted by molar-refractivity contribution is 5.87. The molecule has 106 valence electrons. The van der Waals surface area contributed by atoms with Gasteiger partial charge in [0.05, 0.1) is 12.6 Å². The van der Waals surface area contributed by atoms with Crippen LogP contribution >= 0.6 is 0 Å². The molecule has 2 atom stereocenters. The van der Waals surface area contributed by atoms with Crippen molar-refractivity contribution in [2.75, 3.05) is 27.7 Å². The second kappa shape index (κ2) is 7.33. The van der Waals surface area contributed by atoms with E-state index >= 15 is 0 Å². The van der Waals surface area contributed by atoms with Gasteiger partial charge in [0.25, 0.3) is 0 Å². The Morgan fingerprint density at radius 1 is 1.22 bits per heavy atom. The first-order valence-electron chi connectivity index (χ1n) is 6.08. The number of aliphatic hydroxyl groups is 1. The van der Waals surface area contributed by atoms with Crippen LogP contribution in [0.5, 0.6) is 0 Å². The Morgan fingerprint density at radius 3 is 2.06 bits per heavy atom. The van der Waals surface area contributed by atoms with Gasteiger partial charge in [-0.1, -0.05) is 0 Å². The molecule has 0 saturated carbocycles. The molecule has 0 aliphatic carbocycles. The monoisotopic (exact) mass is 259 g/mol. The summed E-state index contributed by atoms with van der Waals surface area (Å²) in [6, 6.07) is -0.593. The van der Waals surface area contributed by atoms with Crippen LogP contribution in [-0.4, -0.2) is 72.6 Å². The molecule has 0 fully saturated rings. The predicted molar refractivity (Wildman–Crippen MR) is 70.1 cm³/mol. The van der Waals surface area contributed by atoms with Crippen molar-refractivity contribution < 1.29 is 14.7 Å². The highest BCUT2D eigenvalue weighted by Gasteiger charge is 2.26. The summed E-state index contributed by atoms with van der Waals surface area (Å²) in [7, 11) is 4.86. The van der Waals surface area contributed by atoms with Crippen molar-refractivity contribution >= 4 is 11.8 Å². The average molecular weight is 259 g/mol. The molecule has 0 rings (SSSR count). The summed E-state index contributed by atoms with van der Waals surface area (Å²) in [6.07, 6.45) is -0.803. The standard InChI is InChI=1S/C12H25N3O3/c1-8(2)15(6)10(17)7-14(5)12(18)11(13-4)9(3)16/h8-9,11,13,16H,7H2,1-6H3/t9-,11+/m1/s1. The molecule has 0 heterocycles. The van der Waals surface area contributed by atoms with E-state index < -0.39 is 12.1 Å². The van der Waals surface area contributed by atoms with Crippen LogP contribution < -0.4 is 5.32 Å². The van der Waals surface area contributed by atoms with Gasteiger partial charge >= 0.3 is 0 Å². The van der Waals surface area contributed by atoms with Crippen molar-refractivity contribution in [2.45, 2.75) is 39.0 Å². The molecule has 18 heavy (non-hydrogen) atoms. The lowest BCUT2D eigenvalue weighted by Gasteiger charge is -2.28. The summed E-state index contributed by atoms with van der Waals surface area (Å²) in [5.74, 6) is -0.417. The van der Waals surface area contributed by atoms with Crippen molar-refractivity contribution in [1.29, 1.82) is 0 Å². The summed E-state index contributed by atoms with van der Waals surface area (Å²) in [6.45, 7) is 5.37. The second-order valence-electron chi connectivity index (χ2n) is 4.80. The summed E-state index contributed by atoms with van der Waals surface area (Å²) in [4.78, 5) is 26.7. The maximum atomic E-state index is 12.0. The lowest BCUT2D eigenvalue weighted by Crippen LogP contribution is -2.52. The first-order chi connectivity index (χ1) is 8.22. The van der Waals surface area contributed by atoms with Gasteiger partial charge in [-0.3, -0.25) is 9.59 Å². The molecular weight excluding hydrogens is 234 g/mol. The molecule has 6 nitrogen and oxygen atoms in total. The van der Waals surface area contributed by atoms with E-state index in [9.17, 15) is 14.7 Å². The zero-order chi connectivity index (χ0) is 14.5. The van der Waals surface area contributed by atoms with Gasteiger partial charge in [0, 0.05) is 20.1 Å². The number of aliphatic hydroxyl groups excluding tert-OH is 1. The van der Waals surface area contributed by atoms with E-state index in [1.807, 2.05) is 13.8 Å². The van der Waals surface area contributed by atoms with Crippen LogP contribution in [0.2, 0.25) is 0 Å².